The van der Waals surface area contributed by atoms with Crippen molar-refractivity contribution in [3.63, 3.8) is 0 Å². The second-order valence-electron chi connectivity index (χ2n) is 15.6. The van der Waals surface area contributed by atoms with Crippen molar-refractivity contribution in [1.82, 2.24) is 19.5 Å². The maximum absolute atomic E-state index is 8.68. The van der Waals surface area contributed by atoms with Crippen LogP contribution in [0.2, 0.25) is 19.6 Å². The molecule has 0 N–H and O–H groups in total. The summed E-state index contributed by atoms with van der Waals surface area (Å²) in [7, 11) is -1.62. The van der Waals surface area contributed by atoms with Crippen molar-refractivity contribution in [2.45, 2.75) is 52.7 Å². The fourth-order valence-corrected chi connectivity index (χ4v) is 9.36. The Hall–Kier alpha value is -5.46. The molecule has 0 saturated heterocycles. The summed E-state index contributed by atoms with van der Waals surface area (Å²) < 4.78 is 17.1. The number of nitrogens with zero attached hydrogens (tertiary/aromatic N) is 4. The van der Waals surface area contributed by atoms with Crippen LogP contribution >= 0.6 is 0 Å². The Morgan fingerprint density at radius 3 is 2.50 bits per heavy atom. The number of para-hydroxylation sites is 2. The van der Waals surface area contributed by atoms with E-state index in [2.05, 4.69) is 114 Å². The summed E-state index contributed by atoms with van der Waals surface area (Å²) >= 11 is 0. The predicted octanol–water partition coefficient (Wildman–Crippen LogP) is 12.0. The zero-order valence-corrected chi connectivity index (χ0v) is 35.8. The zero-order chi connectivity index (χ0) is 38.8. The van der Waals surface area contributed by atoms with Gasteiger partial charge in [0, 0.05) is 44.4 Å². The number of allylic oxidation sites excluding steroid dienone is 1. The van der Waals surface area contributed by atoms with Crippen LogP contribution < -0.4 is 5.19 Å². The van der Waals surface area contributed by atoms with Gasteiger partial charge >= 0.3 is 0 Å². The Morgan fingerprint density at radius 2 is 1.70 bits per heavy atom. The van der Waals surface area contributed by atoms with Gasteiger partial charge in [0.1, 0.15) is 0 Å². The Morgan fingerprint density at radius 1 is 0.857 bits per heavy atom. The molecule has 1 aliphatic carbocycles. The third kappa shape index (κ3) is 6.74. The zero-order valence-electron chi connectivity index (χ0n) is 33.4. The maximum Gasteiger partial charge on any atom is 0.216 e. The van der Waals surface area contributed by atoms with Crippen LogP contribution in [0.5, 0.6) is 0 Å². The molecule has 0 fully saturated rings. The first-order chi connectivity index (χ1) is 26.9. The second-order valence-corrected chi connectivity index (χ2v) is 20.6. The average Bonchev–Trinajstić information content (AvgIpc) is 3.76. The van der Waals surface area contributed by atoms with E-state index < -0.39 is 14.0 Å². The van der Waals surface area contributed by atoms with E-state index in [1.807, 2.05) is 75.5 Å². The molecule has 0 bridgehead atoms. The molecular weight excluding hydrogens is 881 g/mol. The Kier molecular flexibility index (Phi) is 9.62. The molecule has 0 saturated carbocycles. The third-order valence-electron chi connectivity index (χ3n) is 10.4. The van der Waals surface area contributed by atoms with Gasteiger partial charge in [-0.15, -0.1) is 54.1 Å². The first-order valence-corrected chi connectivity index (χ1v) is 22.3. The first kappa shape index (κ1) is 36.2. The summed E-state index contributed by atoms with van der Waals surface area (Å²) in [4.78, 5) is 14.2. The topological polar surface area (TPSA) is 56.7 Å². The minimum absolute atomic E-state index is 0. The summed E-state index contributed by atoms with van der Waals surface area (Å²) in [5, 5.41) is 5.88. The number of aromatic nitrogens is 4. The smallest absolute Gasteiger partial charge is 0.216 e. The quantitative estimate of drug-likeness (QED) is 0.127. The number of furan rings is 1. The number of fused-ring (bicyclic) bond motifs is 4. The summed E-state index contributed by atoms with van der Waals surface area (Å²) in [5.41, 5.74) is 11.9. The molecule has 0 atom stereocenters. The molecule has 1 aliphatic rings. The molecule has 9 aromatic rings. The number of hydrogen-bond acceptors (Lipinski definition) is 4. The van der Waals surface area contributed by atoms with Gasteiger partial charge in [-0.3, -0.25) is 4.98 Å². The molecule has 4 heterocycles. The fourth-order valence-electron chi connectivity index (χ4n) is 7.78. The van der Waals surface area contributed by atoms with Crippen LogP contribution in [0.3, 0.4) is 0 Å². The Bertz CT molecular complexity index is 2990. The molecule has 0 aliphatic heterocycles. The van der Waals surface area contributed by atoms with E-state index in [0.29, 0.717) is 5.71 Å². The van der Waals surface area contributed by atoms with Crippen molar-refractivity contribution in [3.8, 4) is 28.3 Å². The molecule has 5 aromatic carbocycles. The van der Waals surface area contributed by atoms with Gasteiger partial charge in [-0.1, -0.05) is 98.6 Å². The van der Waals surface area contributed by atoms with Gasteiger partial charge in [0.2, 0.25) is 5.71 Å². The Balaban J connectivity index is 0.000000157. The minimum Gasteiger partial charge on any atom is -0.486 e. The van der Waals surface area contributed by atoms with Crippen LogP contribution in [-0.2, 0) is 26.5 Å². The number of rotatable bonds is 5. The molecule has 4 aromatic heterocycles. The molecule has 1 radical (unpaired) electrons. The van der Waals surface area contributed by atoms with E-state index in [-0.39, 0.29) is 20.1 Å². The molecule has 10 rings (SSSR count). The van der Waals surface area contributed by atoms with Crippen molar-refractivity contribution in [2.75, 3.05) is 0 Å². The van der Waals surface area contributed by atoms with E-state index in [1.54, 1.807) is 0 Å². The largest absolute Gasteiger partial charge is 0.486 e. The summed E-state index contributed by atoms with van der Waals surface area (Å²) in [6.45, 7) is 12.7. The van der Waals surface area contributed by atoms with Crippen molar-refractivity contribution in [2.24, 2.45) is 0 Å². The van der Waals surface area contributed by atoms with Crippen molar-refractivity contribution >= 4 is 63.2 Å². The van der Waals surface area contributed by atoms with Gasteiger partial charge in [0.15, 0.2) is 0 Å². The number of pyridine rings is 2. The van der Waals surface area contributed by atoms with Gasteiger partial charge in [-0.05, 0) is 88.4 Å². The minimum atomic E-state index is -1.62. The van der Waals surface area contributed by atoms with Crippen LogP contribution in [-0.4, -0.2) is 27.6 Å². The number of hydrogen-bond donors (Lipinski definition) is 0. The van der Waals surface area contributed by atoms with Crippen LogP contribution in [0.1, 0.15) is 43.5 Å². The van der Waals surface area contributed by atoms with Gasteiger partial charge in [0.05, 0.1) is 30.5 Å². The van der Waals surface area contributed by atoms with E-state index in [4.69, 9.17) is 15.8 Å². The molecule has 56 heavy (non-hydrogen) atoms. The van der Waals surface area contributed by atoms with Crippen LogP contribution in [0.25, 0.3) is 78.3 Å². The molecule has 7 heteroatoms. The van der Waals surface area contributed by atoms with Gasteiger partial charge in [-0.25, -0.2) is 4.98 Å². The third-order valence-corrected chi connectivity index (χ3v) is 12.4. The van der Waals surface area contributed by atoms with Gasteiger partial charge in [-0.2, -0.15) is 0 Å². The van der Waals surface area contributed by atoms with Crippen LogP contribution in [0, 0.1) is 19.1 Å². The standard InChI is InChI=1S/C26H17N2.C23H25N2OSi.Ir/c1-2-8-19(9-3-1)26-27-23-14-4-5-15-24(23)28(26)22-16-20-12-6-10-18-11-7-13-21(17-22)25(18)20;1-14(2)19-12-20(24-13-21(19)27(4,5)6)18-9-7-8-16-17-11-10-15(3)25-23(17)26-22(16)18;/h1-8,10,12-17H,11H2;7-8,10-14H,1-6H3;/q2*-1;/i;14D;. The van der Waals surface area contributed by atoms with E-state index in [9.17, 15) is 0 Å². The van der Waals surface area contributed by atoms with Crippen molar-refractivity contribution < 1.29 is 25.9 Å². The summed E-state index contributed by atoms with van der Waals surface area (Å²) in [5.74, 6) is 0.220. The van der Waals surface area contributed by atoms with E-state index >= 15 is 0 Å². The van der Waals surface area contributed by atoms with Gasteiger partial charge < -0.3 is 14.0 Å². The maximum atomic E-state index is 8.68. The number of imidazole rings is 1. The van der Waals surface area contributed by atoms with E-state index in [0.717, 1.165) is 73.4 Å². The molecule has 0 spiro atoms. The van der Waals surface area contributed by atoms with Crippen molar-refractivity contribution in [1.29, 1.82) is 0 Å². The van der Waals surface area contributed by atoms with Gasteiger partial charge in [0.25, 0.3) is 0 Å². The summed E-state index contributed by atoms with van der Waals surface area (Å²) in [6, 6.07) is 44.2. The Labute approximate surface area is 343 Å². The molecule has 5 nitrogen and oxygen atoms in total. The molecular formula is C49H42IrN4OSi-2. The van der Waals surface area contributed by atoms with Crippen LogP contribution in [0.15, 0.2) is 126 Å². The molecule has 0 amide bonds. The average molecular weight is 924 g/mol. The predicted molar refractivity (Wildman–Crippen MR) is 231 cm³/mol. The number of aryl methyl sites for hydroxylation is 1. The van der Waals surface area contributed by atoms with Crippen molar-refractivity contribution in [3.05, 3.63) is 156 Å². The van der Waals surface area contributed by atoms with Crippen LogP contribution in [0.4, 0.5) is 0 Å². The normalized spacial score (nSPS) is 12.8. The summed E-state index contributed by atoms with van der Waals surface area (Å²) in [6.07, 6.45) is 7.46. The second kappa shape index (κ2) is 14.9. The molecule has 279 valence electrons. The van der Waals surface area contributed by atoms with E-state index in [1.165, 1.54) is 27.1 Å². The first-order valence-electron chi connectivity index (χ1n) is 19.3. The number of benzene rings is 5. The SMILES string of the molecule is [2H]C(C)(C)c1cc(-c2[c-]ccc3c2oc2nc(C)ccc23)ncc1[Si](C)(C)C.[Ir].[c-]1ccccc1-c1nc2ccccc2n1-c1cc2c3c(cccc3c1)CC=C2. The molecule has 0 unspecified atom stereocenters. The monoisotopic (exact) mass is 924 g/mol. The fraction of sp³-hybridized carbons (Fsp3) is 0.163.